The molecule has 3 aromatic rings. The van der Waals surface area contributed by atoms with Crippen LogP contribution in [0.3, 0.4) is 0 Å². The van der Waals surface area contributed by atoms with Crippen LogP contribution < -0.4 is 10.6 Å². The van der Waals surface area contributed by atoms with Crippen LogP contribution >= 0.6 is 11.6 Å². The number of fused-ring (bicyclic) bond motifs is 1. The molecule has 1 saturated heterocycles. The number of hydrogen-bond acceptors (Lipinski definition) is 5. The summed E-state index contributed by atoms with van der Waals surface area (Å²) in [6, 6.07) is 11.6. The van der Waals surface area contributed by atoms with Gasteiger partial charge < -0.3 is 20.5 Å². The first kappa shape index (κ1) is 26.7. The van der Waals surface area contributed by atoms with Gasteiger partial charge in [-0.3, -0.25) is 9.59 Å². The quantitative estimate of drug-likeness (QED) is 0.393. The Bertz CT molecular complexity index is 1460. The van der Waals surface area contributed by atoms with E-state index in [1.165, 1.54) is 5.56 Å². The molecule has 2 amide bonds. The number of rotatable bonds is 8. The number of carbonyl (C=O) groups excluding carboxylic acids is 2. The highest BCUT2D eigenvalue weighted by Crippen LogP contribution is 2.51. The highest BCUT2D eigenvalue weighted by atomic mass is 35.5. The van der Waals surface area contributed by atoms with E-state index < -0.39 is 27.8 Å². The first-order chi connectivity index (χ1) is 18.1. The maximum atomic E-state index is 13.1. The fourth-order valence-electron chi connectivity index (χ4n) is 5.28. The summed E-state index contributed by atoms with van der Waals surface area (Å²) in [6.07, 6.45) is 5.29. The van der Waals surface area contributed by atoms with Crippen LogP contribution in [0.15, 0.2) is 48.7 Å². The number of H-pyrrole nitrogens is 1. The molecule has 2 fully saturated rings. The third-order valence-electron chi connectivity index (χ3n) is 7.84. The molecule has 1 aliphatic heterocycles. The summed E-state index contributed by atoms with van der Waals surface area (Å²) in [5.74, 6) is -0.950. The number of hydrogen-bond donors (Lipinski definition) is 3. The molecule has 202 valence electrons. The van der Waals surface area contributed by atoms with Gasteiger partial charge in [-0.15, -0.1) is 0 Å². The number of halogens is 1. The number of benzene rings is 2. The molecule has 1 aromatic heterocycles. The van der Waals surface area contributed by atoms with Gasteiger partial charge in [0, 0.05) is 28.2 Å². The Morgan fingerprint density at radius 3 is 2.37 bits per heavy atom. The molecule has 2 aromatic carbocycles. The average molecular weight is 557 g/mol. The van der Waals surface area contributed by atoms with E-state index in [4.69, 9.17) is 11.6 Å². The van der Waals surface area contributed by atoms with Crippen molar-refractivity contribution in [2.45, 2.75) is 43.2 Å². The molecule has 2 heterocycles. The summed E-state index contributed by atoms with van der Waals surface area (Å²) in [5.41, 5.74) is 3.07. The molecule has 1 saturated carbocycles. The molecule has 8 nitrogen and oxygen atoms in total. The highest BCUT2D eigenvalue weighted by molar-refractivity contribution is 7.91. The molecule has 5 rings (SSSR count). The Hall–Kier alpha value is -2.88. The Morgan fingerprint density at radius 1 is 1.03 bits per heavy atom. The fourth-order valence-corrected chi connectivity index (χ4v) is 7.14. The summed E-state index contributed by atoms with van der Waals surface area (Å²) < 4.78 is 24.8. The minimum atomic E-state index is -3.34. The van der Waals surface area contributed by atoms with Crippen LogP contribution in [0.4, 0.5) is 0 Å². The standard InChI is InChI=1S/C28H33ClN4O4S/c1-33(2)13-12-28(10-11-28)20-6-3-18(4-7-20)26(34)31-23-9-14-38(36,37)17-25(23)32-27(35)19-5-8-21-22(29)16-30-24(21)15-19/h3-8,15-16,23,25,30H,9-14,17H2,1-2H3,(H,31,34)(H,32,35). The van der Waals surface area contributed by atoms with E-state index in [9.17, 15) is 18.0 Å². The van der Waals surface area contributed by atoms with Crippen LogP contribution in [0, 0.1) is 0 Å². The molecule has 38 heavy (non-hydrogen) atoms. The van der Waals surface area contributed by atoms with Crippen LogP contribution in [-0.4, -0.2) is 74.3 Å². The van der Waals surface area contributed by atoms with Gasteiger partial charge in [0.1, 0.15) is 0 Å². The van der Waals surface area contributed by atoms with Crippen molar-refractivity contribution < 1.29 is 18.0 Å². The summed E-state index contributed by atoms with van der Waals surface area (Å²) in [7, 11) is 0.807. The van der Waals surface area contributed by atoms with Crippen LogP contribution in [-0.2, 0) is 15.3 Å². The van der Waals surface area contributed by atoms with Crippen molar-refractivity contribution in [3.8, 4) is 0 Å². The molecule has 0 radical (unpaired) electrons. The van der Waals surface area contributed by atoms with Gasteiger partial charge in [0.25, 0.3) is 11.8 Å². The minimum absolute atomic E-state index is 0.0371. The second kappa shape index (κ2) is 10.4. The number of aromatic nitrogens is 1. The van der Waals surface area contributed by atoms with Gasteiger partial charge in [-0.05, 0) is 81.6 Å². The van der Waals surface area contributed by atoms with E-state index in [0.29, 0.717) is 21.7 Å². The first-order valence-corrected chi connectivity index (χ1v) is 15.1. The lowest BCUT2D eigenvalue weighted by molar-refractivity contribution is 0.0884. The van der Waals surface area contributed by atoms with Gasteiger partial charge in [-0.2, -0.15) is 0 Å². The second-order valence-electron chi connectivity index (χ2n) is 10.9. The topological polar surface area (TPSA) is 111 Å². The van der Waals surface area contributed by atoms with Crippen molar-refractivity contribution in [1.82, 2.24) is 20.5 Å². The van der Waals surface area contributed by atoms with Gasteiger partial charge in [-0.1, -0.05) is 29.8 Å². The second-order valence-corrected chi connectivity index (χ2v) is 13.5. The average Bonchev–Trinajstić information content (AvgIpc) is 3.60. The van der Waals surface area contributed by atoms with Crippen LogP contribution in [0.2, 0.25) is 5.02 Å². The fraction of sp³-hybridized carbons (Fsp3) is 0.429. The van der Waals surface area contributed by atoms with Crippen molar-refractivity contribution in [2.75, 3.05) is 32.1 Å². The molecule has 2 atom stereocenters. The molecule has 2 aliphatic rings. The number of nitrogens with one attached hydrogen (secondary N) is 3. The number of amides is 2. The predicted molar refractivity (Wildman–Crippen MR) is 150 cm³/mol. The van der Waals surface area contributed by atoms with E-state index in [2.05, 4.69) is 34.6 Å². The normalized spacial score (nSPS) is 21.8. The Balaban J connectivity index is 1.27. The zero-order valence-corrected chi connectivity index (χ0v) is 23.2. The molecule has 1 aliphatic carbocycles. The molecular weight excluding hydrogens is 524 g/mol. The van der Waals surface area contributed by atoms with Crippen molar-refractivity contribution >= 4 is 44.2 Å². The lowest BCUT2D eigenvalue weighted by Crippen LogP contribution is -2.58. The van der Waals surface area contributed by atoms with E-state index in [1.54, 1.807) is 24.4 Å². The SMILES string of the molecule is CN(C)CCC1(c2ccc(C(=O)NC3CCS(=O)(=O)CC3NC(=O)c3ccc4c(Cl)c[nH]c4c3)cc2)CC1. The molecule has 2 unspecified atom stereocenters. The summed E-state index contributed by atoms with van der Waals surface area (Å²) in [6.45, 7) is 1.02. The van der Waals surface area contributed by atoms with E-state index >= 15 is 0 Å². The Labute approximate surface area is 228 Å². The highest BCUT2D eigenvalue weighted by Gasteiger charge is 2.43. The van der Waals surface area contributed by atoms with Crippen molar-refractivity contribution in [3.63, 3.8) is 0 Å². The molecule has 10 heteroatoms. The maximum Gasteiger partial charge on any atom is 0.251 e. The van der Waals surface area contributed by atoms with Crippen LogP contribution in [0.25, 0.3) is 10.9 Å². The lowest BCUT2D eigenvalue weighted by Gasteiger charge is -2.32. The number of nitrogens with zero attached hydrogens (tertiary/aromatic N) is 1. The third-order valence-corrected chi connectivity index (χ3v) is 9.87. The van der Waals surface area contributed by atoms with Gasteiger partial charge in [0.15, 0.2) is 9.84 Å². The first-order valence-electron chi connectivity index (χ1n) is 12.9. The zero-order valence-electron chi connectivity index (χ0n) is 21.6. The monoisotopic (exact) mass is 556 g/mol. The summed E-state index contributed by atoms with van der Waals surface area (Å²) in [5, 5.41) is 7.18. The largest absolute Gasteiger partial charge is 0.360 e. The summed E-state index contributed by atoms with van der Waals surface area (Å²) >= 11 is 6.13. The Kier molecular flexibility index (Phi) is 7.28. The van der Waals surface area contributed by atoms with Crippen molar-refractivity contribution in [1.29, 1.82) is 0 Å². The van der Waals surface area contributed by atoms with Crippen LogP contribution in [0.5, 0.6) is 0 Å². The number of aromatic amines is 1. The Morgan fingerprint density at radius 2 is 1.68 bits per heavy atom. The van der Waals surface area contributed by atoms with Gasteiger partial charge >= 0.3 is 0 Å². The van der Waals surface area contributed by atoms with E-state index in [0.717, 1.165) is 31.2 Å². The van der Waals surface area contributed by atoms with E-state index in [-0.39, 0.29) is 29.2 Å². The maximum absolute atomic E-state index is 13.1. The van der Waals surface area contributed by atoms with E-state index in [1.807, 2.05) is 24.3 Å². The van der Waals surface area contributed by atoms with Gasteiger partial charge in [-0.25, -0.2) is 8.42 Å². The molecular formula is C28H33ClN4O4S. The number of carbonyl (C=O) groups is 2. The zero-order chi connectivity index (χ0) is 27.1. The predicted octanol–water partition coefficient (Wildman–Crippen LogP) is 3.52. The van der Waals surface area contributed by atoms with Gasteiger partial charge in [0.05, 0.1) is 28.6 Å². The minimum Gasteiger partial charge on any atom is -0.360 e. The molecule has 0 bridgehead atoms. The van der Waals surface area contributed by atoms with Crippen LogP contribution in [0.1, 0.15) is 52.0 Å². The van der Waals surface area contributed by atoms with Crippen molar-refractivity contribution in [2.24, 2.45) is 0 Å². The molecule has 3 N–H and O–H groups in total. The van der Waals surface area contributed by atoms with Gasteiger partial charge in [0.2, 0.25) is 0 Å². The molecule has 0 spiro atoms. The number of sulfone groups is 1. The smallest absolute Gasteiger partial charge is 0.251 e. The summed E-state index contributed by atoms with van der Waals surface area (Å²) in [4.78, 5) is 31.4. The van der Waals surface area contributed by atoms with Crippen molar-refractivity contribution in [3.05, 3.63) is 70.4 Å². The lowest BCUT2D eigenvalue weighted by atomic mass is 9.91. The third kappa shape index (κ3) is 5.75.